The molecule has 0 saturated heterocycles. The predicted molar refractivity (Wildman–Crippen MR) is 117 cm³/mol. The Morgan fingerprint density at radius 1 is 1.24 bits per heavy atom. The van der Waals surface area contributed by atoms with Crippen LogP contribution in [0.3, 0.4) is 0 Å². The van der Waals surface area contributed by atoms with Crippen molar-refractivity contribution in [1.82, 2.24) is 24.1 Å². The molecule has 1 aromatic carbocycles. The number of rotatable bonds is 8. The molecular weight excluding hydrogens is 405 g/mol. The van der Waals surface area contributed by atoms with Crippen LogP contribution < -0.4 is 0 Å². The van der Waals surface area contributed by atoms with Crippen LogP contribution in [0.2, 0.25) is 0 Å². The third kappa shape index (κ3) is 4.50. The van der Waals surface area contributed by atoms with Crippen molar-refractivity contribution < 1.29 is 4.39 Å². The molecule has 1 aliphatic carbocycles. The molecule has 154 valence electrons. The van der Waals surface area contributed by atoms with Crippen LogP contribution in [0, 0.1) is 10.6 Å². The van der Waals surface area contributed by atoms with Crippen molar-refractivity contribution in [2.45, 2.75) is 45.1 Å². The van der Waals surface area contributed by atoms with Crippen molar-refractivity contribution in [3.05, 3.63) is 63.1 Å². The second kappa shape index (κ2) is 8.47. The van der Waals surface area contributed by atoms with E-state index in [1.54, 1.807) is 23.5 Å². The molecular formula is C21H26FN5S2. The summed E-state index contributed by atoms with van der Waals surface area (Å²) in [7, 11) is 4.05. The van der Waals surface area contributed by atoms with Crippen LogP contribution in [0.25, 0.3) is 5.69 Å². The SMILES string of the molecule is CC(c1nn(CN(Cc2cccs2)C2CC2)c(=S)n1-c1ccc(F)cc1)N(C)C. The lowest BCUT2D eigenvalue weighted by Gasteiger charge is -2.21. The van der Waals surface area contributed by atoms with Crippen molar-refractivity contribution in [2.75, 3.05) is 14.1 Å². The Labute approximate surface area is 180 Å². The normalized spacial score (nSPS) is 15.4. The van der Waals surface area contributed by atoms with Crippen molar-refractivity contribution in [3.8, 4) is 5.69 Å². The zero-order chi connectivity index (χ0) is 20.5. The van der Waals surface area contributed by atoms with E-state index >= 15 is 0 Å². The molecule has 0 aliphatic heterocycles. The number of halogens is 1. The lowest BCUT2D eigenvalue weighted by molar-refractivity contribution is 0.187. The van der Waals surface area contributed by atoms with E-state index in [1.165, 1.54) is 29.9 Å². The van der Waals surface area contributed by atoms with Gasteiger partial charge in [-0.3, -0.25) is 14.4 Å². The molecule has 2 aromatic heterocycles. The van der Waals surface area contributed by atoms with Gasteiger partial charge < -0.3 is 0 Å². The molecule has 3 aromatic rings. The summed E-state index contributed by atoms with van der Waals surface area (Å²) in [6.07, 6.45) is 2.44. The predicted octanol–water partition coefficient (Wildman–Crippen LogP) is 4.85. The number of nitrogens with zero attached hydrogens (tertiary/aromatic N) is 5. The molecule has 2 heterocycles. The zero-order valence-corrected chi connectivity index (χ0v) is 18.6. The summed E-state index contributed by atoms with van der Waals surface area (Å²) in [5.41, 5.74) is 0.836. The topological polar surface area (TPSA) is 29.2 Å². The average molecular weight is 432 g/mol. The highest BCUT2D eigenvalue weighted by Gasteiger charge is 2.30. The van der Waals surface area contributed by atoms with Crippen LogP contribution in [0.5, 0.6) is 0 Å². The molecule has 1 saturated carbocycles. The number of hydrogen-bond donors (Lipinski definition) is 0. The van der Waals surface area contributed by atoms with Gasteiger partial charge >= 0.3 is 0 Å². The van der Waals surface area contributed by atoms with Gasteiger partial charge in [-0.15, -0.1) is 11.3 Å². The molecule has 1 unspecified atom stereocenters. The van der Waals surface area contributed by atoms with Gasteiger partial charge in [0, 0.05) is 23.2 Å². The zero-order valence-electron chi connectivity index (χ0n) is 17.0. The third-order valence-corrected chi connectivity index (χ3v) is 6.67. The summed E-state index contributed by atoms with van der Waals surface area (Å²) in [4.78, 5) is 5.91. The summed E-state index contributed by atoms with van der Waals surface area (Å²) in [6, 6.07) is 11.4. The van der Waals surface area contributed by atoms with Gasteiger partial charge in [0.1, 0.15) is 5.82 Å². The molecule has 0 N–H and O–H groups in total. The summed E-state index contributed by atoms with van der Waals surface area (Å²) in [5, 5.41) is 7.03. The van der Waals surface area contributed by atoms with Gasteiger partial charge in [0.15, 0.2) is 5.82 Å². The highest BCUT2D eigenvalue weighted by Crippen LogP contribution is 2.30. The molecule has 0 bridgehead atoms. The van der Waals surface area contributed by atoms with Crippen molar-refractivity contribution >= 4 is 23.6 Å². The summed E-state index contributed by atoms with van der Waals surface area (Å²) in [6.45, 7) is 3.67. The van der Waals surface area contributed by atoms with Crippen LogP contribution in [0.4, 0.5) is 4.39 Å². The van der Waals surface area contributed by atoms with Crippen LogP contribution in [0.15, 0.2) is 41.8 Å². The number of thiophene rings is 1. The molecule has 0 amide bonds. The second-order valence-corrected chi connectivity index (χ2v) is 9.19. The summed E-state index contributed by atoms with van der Waals surface area (Å²) >= 11 is 7.62. The van der Waals surface area contributed by atoms with Gasteiger partial charge in [-0.25, -0.2) is 9.07 Å². The quantitative estimate of drug-likeness (QED) is 0.477. The fraction of sp³-hybridized carbons (Fsp3) is 0.429. The van der Waals surface area contributed by atoms with Crippen LogP contribution >= 0.6 is 23.6 Å². The van der Waals surface area contributed by atoms with Gasteiger partial charge in [0.25, 0.3) is 0 Å². The van der Waals surface area contributed by atoms with Crippen molar-refractivity contribution in [1.29, 1.82) is 0 Å². The molecule has 0 spiro atoms. The van der Waals surface area contributed by atoms with E-state index in [4.69, 9.17) is 17.3 Å². The molecule has 4 rings (SSSR count). The molecule has 1 atom stereocenters. The minimum atomic E-state index is -0.259. The van der Waals surface area contributed by atoms with Crippen molar-refractivity contribution in [2.24, 2.45) is 0 Å². The first-order valence-electron chi connectivity index (χ1n) is 9.82. The maximum atomic E-state index is 13.5. The number of hydrogen-bond acceptors (Lipinski definition) is 5. The Balaban J connectivity index is 1.70. The van der Waals surface area contributed by atoms with E-state index in [1.807, 2.05) is 23.3 Å². The fourth-order valence-corrected chi connectivity index (χ4v) is 4.39. The Kier molecular flexibility index (Phi) is 5.96. The Bertz CT molecular complexity index is 1000. The highest BCUT2D eigenvalue weighted by molar-refractivity contribution is 7.71. The molecule has 1 fully saturated rings. The summed E-state index contributed by atoms with van der Waals surface area (Å²) in [5.74, 6) is 0.601. The van der Waals surface area contributed by atoms with Crippen LogP contribution in [0.1, 0.15) is 36.5 Å². The first-order chi connectivity index (χ1) is 13.9. The first-order valence-corrected chi connectivity index (χ1v) is 11.1. The largest absolute Gasteiger partial charge is 0.300 e. The van der Waals surface area contributed by atoms with Gasteiger partial charge in [0.2, 0.25) is 4.77 Å². The standard InChI is InChI=1S/C21H26FN5S2/c1-15(24(2)3)20-23-26(21(28)27(20)18-8-6-16(22)7-9-18)14-25(17-10-11-17)13-19-5-4-12-29-19/h4-9,12,15,17H,10-11,13-14H2,1-3H3. The second-order valence-electron chi connectivity index (χ2n) is 7.79. The minimum Gasteiger partial charge on any atom is -0.300 e. The maximum absolute atomic E-state index is 13.5. The molecule has 1 aliphatic rings. The van der Waals surface area contributed by atoms with Gasteiger partial charge in [-0.1, -0.05) is 6.07 Å². The molecule has 0 radical (unpaired) electrons. The molecule has 29 heavy (non-hydrogen) atoms. The first kappa shape index (κ1) is 20.4. The number of benzene rings is 1. The van der Waals surface area contributed by atoms with Gasteiger partial charge in [0.05, 0.1) is 12.7 Å². The van der Waals surface area contributed by atoms with E-state index in [-0.39, 0.29) is 11.9 Å². The maximum Gasteiger partial charge on any atom is 0.203 e. The van der Waals surface area contributed by atoms with Crippen LogP contribution in [-0.2, 0) is 13.2 Å². The van der Waals surface area contributed by atoms with Crippen LogP contribution in [-0.4, -0.2) is 44.3 Å². The summed E-state index contributed by atoms with van der Waals surface area (Å²) < 4.78 is 18.0. The smallest absolute Gasteiger partial charge is 0.203 e. The number of aromatic nitrogens is 3. The Morgan fingerprint density at radius 3 is 2.55 bits per heavy atom. The van der Waals surface area contributed by atoms with E-state index in [9.17, 15) is 4.39 Å². The van der Waals surface area contributed by atoms with Gasteiger partial charge in [-0.05, 0) is 81.8 Å². The van der Waals surface area contributed by atoms with Crippen molar-refractivity contribution in [3.63, 3.8) is 0 Å². The minimum absolute atomic E-state index is 0.0645. The van der Waals surface area contributed by atoms with E-state index in [2.05, 4.69) is 34.2 Å². The lowest BCUT2D eigenvalue weighted by Crippen LogP contribution is -2.28. The van der Waals surface area contributed by atoms with E-state index in [0.717, 1.165) is 18.1 Å². The van der Waals surface area contributed by atoms with E-state index in [0.29, 0.717) is 17.5 Å². The fourth-order valence-electron chi connectivity index (χ4n) is 3.36. The van der Waals surface area contributed by atoms with Gasteiger partial charge in [-0.2, -0.15) is 5.10 Å². The average Bonchev–Trinajstić information content (AvgIpc) is 3.33. The lowest BCUT2D eigenvalue weighted by atomic mass is 10.2. The monoisotopic (exact) mass is 431 g/mol. The Hall–Kier alpha value is -1.87. The highest BCUT2D eigenvalue weighted by atomic mass is 32.1. The molecule has 5 nitrogen and oxygen atoms in total. The van der Waals surface area contributed by atoms with E-state index < -0.39 is 0 Å². The third-order valence-electron chi connectivity index (χ3n) is 5.42. The molecule has 8 heteroatoms. The Morgan fingerprint density at radius 2 is 1.97 bits per heavy atom.